The summed E-state index contributed by atoms with van der Waals surface area (Å²) in [6, 6.07) is -0.105. The Hall–Kier alpha value is -0.610. The first-order valence-electron chi connectivity index (χ1n) is 5.27. The van der Waals surface area contributed by atoms with Gasteiger partial charge in [-0.25, -0.2) is 0 Å². The molecule has 0 heterocycles. The molecule has 14 heavy (non-hydrogen) atoms. The number of hydrogen-bond donors (Lipinski definition) is 3. The van der Waals surface area contributed by atoms with E-state index in [1.165, 1.54) is 0 Å². The molecule has 0 rings (SSSR count). The molecular weight excluding hydrogens is 180 g/mol. The van der Waals surface area contributed by atoms with Crippen LogP contribution in [0.15, 0.2) is 0 Å². The van der Waals surface area contributed by atoms with E-state index < -0.39 is 0 Å². The lowest BCUT2D eigenvalue weighted by molar-refractivity contribution is -0.125. The summed E-state index contributed by atoms with van der Waals surface area (Å²) in [5.74, 6) is -0.0394. The molecular formula is C10H22N2O2. The number of carbonyl (C=O) groups excluding carboxylic acids is 1. The van der Waals surface area contributed by atoms with Gasteiger partial charge in [-0.3, -0.25) is 4.79 Å². The van der Waals surface area contributed by atoms with E-state index in [9.17, 15) is 4.79 Å². The van der Waals surface area contributed by atoms with Gasteiger partial charge < -0.3 is 15.7 Å². The highest BCUT2D eigenvalue weighted by Gasteiger charge is 2.15. The van der Waals surface area contributed by atoms with Gasteiger partial charge in [0.05, 0.1) is 12.6 Å². The lowest BCUT2D eigenvalue weighted by Gasteiger charge is -2.17. The molecule has 0 aliphatic carbocycles. The molecule has 0 aliphatic rings. The molecule has 4 heteroatoms. The molecule has 0 bridgehead atoms. The van der Waals surface area contributed by atoms with Gasteiger partial charge in [0.15, 0.2) is 0 Å². The van der Waals surface area contributed by atoms with Gasteiger partial charge in [0, 0.05) is 12.5 Å². The van der Waals surface area contributed by atoms with Gasteiger partial charge in [0.2, 0.25) is 5.91 Å². The summed E-state index contributed by atoms with van der Waals surface area (Å²) in [4.78, 5) is 11.5. The Balaban J connectivity index is 3.81. The number of rotatable bonds is 7. The lowest BCUT2D eigenvalue weighted by atomic mass is 10.1. The molecule has 0 fully saturated rings. The maximum Gasteiger partial charge on any atom is 0.224 e. The quantitative estimate of drug-likeness (QED) is 0.549. The van der Waals surface area contributed by atoms with Crippen LogP contribution in [-0.4, -0.2) is 36.8 Å². The van der Waals surface area contributed by atoms with Crippen LogP contribution in [0, 0.1) is 5.92 Å². The highest BCUT2D eigenvalue weighted by molar-refractivity contribution is 5.78. The van der Waals surface area contributed by atoms with Crippen LogP contribution in [0.1, 0.15) is 27.2 Å². The van der Waals surface area contributed by atoms with Crippen molar-refractivity contribution < 1.29 is 9.90 Å². The second-order valence-corrected chi connectivity index (χ2v) is 3.51. The van der Waals surface area contributed by atoms with Crippen molar-refractivity contribution in [2.75, 3.05) is 19.7 Å². The Morgan fingerprint density at radius 1 is 1.43 bits per heavy atom. The number of nitrogens with one attached hydrogen (secondary N) is 2. The van der Waals surface area contributed by atoms with E-state index in [1.54, 1.807) is 0 Å². The fourth-order valence-electron chi connectivity index (χ4n) is 1.07. The zero-order valence-corrected chi connectivity index (χ0v) is 9.34. The van der Waals surface area contributed by atoms with Gasteiger partial charge in [-0.1, -0.05) is 20.8 Å². The van der Waals surface area contributed by atoms with Crippen molar-refractivity contribution in [3.8, 4) is 0 Å². The molecule has 3 N–H and O–H groups in total. The van der Waals surface area contributed by atoms with E-state index in [4.69, 9.17) is 5.11 Å². The van der Waals surface area contributed by atoms with Crippen molar-refractivity contribution in [1.82, 2.24) is 10.6 Å². The summed E-state index contributed by atoms with van der Waals surface area (Å²) >= 11 is 0. The minimum Gasteiger partial charge on any atom is -0.394 e. The first-order valence-corrected chi connectivity index (χ1v) is 5.27. The second kappa shape index (κ2) is 7.76. The van der Waals surface area contributed by atoms with Crippen LogP contribution in [-0.2, 0) is 4.79 Å². The van der Waals surface area contributed by atoms with Crippen molar-refractivity contribution in [2.45, 2.75) is 33.2 Å². The smallest absolute Gasteiger partial charge is 0.224 e. The highest BCUT2D eigenvalue weighted by Crippen LogP contribution is 1.96. The van der Waals surface area contributed by atoms with Crippen molar-refractivity contribution in [2.24, 2.45) is 5.92 Å². The molecule has 1 amide bonds. The second-order valence-electron chi connectivity index (χ2n) is 3.51. The zero-order valence-electron chi connectivity index (χ0n) is 9.34. The Labute approximate surface area is 86.1 Å². The van der Waals surface area contributed by atoms with E-state index in [0.29, 0.717) is 6.54 Å². The minimum atomic E-state index is -0.105. The molecule has 0 radical (unpaired) electrons. The van der Waals surface area contributed by atoms with E-state index in [1.807, 2.05) is 20.8 Å². The molecule has 0 aromatic heterocycles. The van der Waals surface area contributed by atoms with E-state index in [2.05, 4.69) is 10.6 Å². The summed E-state index contributed by atoms with van der Waals surface area (Å²) in [7, 11) is 0. The molecule has 4 nitrogen and oxygen atoms in total. The van der Waals surface area contributed by atoms with Gasteiger partial charge in [-0.2, -0.15) is 0 Å². The average molecular weight is 202 g/mol. The predicted molar refractivity (Wildman–Crippen MR) is 57.0 cm³/mol. The van der Waals surface area contributed by atoms with Crippen LogP contribution in [0.4, 0.5) is 0 Å². The number of aliphatic hydroxyl groups excluding tert-OH is 1. The van der Waals surface area contributed by atoms with Crippen molar-refractivity contribution in [3.63, 3.8) is 0 Å². The van der Waals surface area contributed by atoms with Gasteiger partial charge in [-0.05, 0) is 13.0 Å². The Morgan fingerprint density at radius 3 is 2.50 bits per heavy atom. The fourth-order valence-corrected chi connectivity index (χ4v) is 1.07. The SMILES string of the molecule is CCNCC(C)C(=O)N[C@H](CC)CO. The first kappa shape index (κ1) is 13.4. The third-order valence-electron chi connectivity index (χ3n) is 2.21. The Bertz CT molecular complexity index is 158. The monoisotopic (exact) mass is 202 g/mol. The highest BCUT2D eigenvalue weighted by atomic mass is 16.3. The summed E-state index contributed by atoms with van der Waals surface area (Å²) < 4.78 is 0. The number of amides is 1. The van der Waals surface area contributed by atoms with E-state index >= 15 is 0 Å². The molecule has 0 aliphatic heterocycles. The van der Waals surface area contributed by atoms with Gasteiger partial charge >= 0.3 is 0 Å². The topological polar surface area (TPSA) is 61.4 Å². The van der Waals surface area contributed by atoms with Crippen molar-refractivity contribution >= 4 is 5.91 Å². The maximum atomic E-state index is 11.5. The molecule has 2 atom stereocenters. The Kier molecular flexibility index (Phi) is 7.42. The third kappa shape index (κ3) is 5.19. The van der Waals surface area contributed by atoms with Crippen LogP contribution < -0.4 is 10.6 Å². The van der Waals surface area contributed by atoms with Crippen LogP contribution >= 0.6 is 0 Å². The first-order chi connectivity index (χ1) is 6.65. The number of carbonyl (C=O) groups is 1. The standard InChI is InChI=1S/C10H22N2O2/c1-4-9(7-13)12-10(14)8(3)6-11-5-2/h8-9,11,13H,4-7H2,1-3H3,(H,12,14)/t8?,9-/m1/s1. The molecule has 0 saturated carbocycles. The average Bonchev–Trinajstić information content (AvgIpc) is 2.21. The fraction of sp³-hybridized carbons (Fsp3) is 0.900. The van der Waals surface area contributed by atoms with Crippen LogP contribution in [0.25, 0.3) is 0 Å². The molecule has 1 unspecified atom stereocenters. The summed E-state index contributed by atoms with van der Waals surface area (Å²) in [6.45, 7) is 7.39. The summed E-state index contributed by atoms with van der Waals surface area (Å²) in [5.41, 5.74) is 0. The van der Waals surface area contributed by atoms with Crippen molar-refractivity contribution in [3.05, 3.63) is 0 Å². The van der Waals surface area contributed by atoms with E-state index in [-0.39, 0.29) is 24.5 Å². The largest absolute Gasteiger partial charge is 0.394 e. The molecule has 0 aromatic rings. The zero-order chi connectivity index (χ0) is 11.0. The molecule has 0 spiro atoms. The molecule has 0 saturated heterocycles. The summed E-state index contributed by atoms with van der Waals surface area (Å²) in [6.07, 6.45) is 0.760. The third-order valence-corrected chi connectivity index (χ3v) is 2.21. The van der Waals surface area contributed by atoms with Gasteiger partial charge in [0.25, 0.3) is 0 Å². The van der Waals surface area contributed by atoms with E-state index in [0.717, 1.165) is 13.0 Å². The van der Waals surface area contributed by atoms with Crippen molar-refractivity contribution in [1.29, 1.82) is 0 Å². The molecule has 84 valence electrons. The molecule has 0 aromatic carbocycles. The van der Waals surface area contributed by atoms with Crippen LogP contribution in [0.3, 0.4) is 0 Å². The van der Waals surface area contributed by atoms with Crippen LogP contribution in [0.5, 0.6) is 0 Å². The van der Waals surface area contributed by atoms with Crippen LogP contribution in [0.2, 0.25) is 0 Å². The lowest BCUT2D eigenvalue weighted by Crippen LogP contribution is -2.42. The van der Waals surface area contributed by atoms with Gasteiger partial charge in [-0.15, -0.1) is 0 Å². The van der Waals surface area contributed by atoms with Gasteiger partial charge in [0.1, 0.15) is 0 Å². The Morgan fingerprint density at radius 2 is 2.07 bits per heavy atom. The predicted octanol–water partition coefficient (Wildman–Crippen LogP) is 0.119. The summed E-state index contributed by atoms with van der Waals surface area (Å²) in [5, 5.41) is 14.8. The minimum absolute atomic E-state index is 0.00634. The maximum absolute atomic E-state index is 11.5. The normalized spacial score (nSPS) is 14.9. The number of aliphatic hydroxyl groups is 1. The number of hydrogen-bond acceptors (Lipinski definition) is 3.